The van der Waals surface area contributed by atoms with Gasteiger partial charge in [-0.2, -0.15) is 4.31 Å². The molecule has 0 aliphatic heterocycles. The van der Waals surface area contributed by atoms with Crippen LogP contribution in [0.15, 0.2) is 71.6 Å². The van der Waals surface area contributed by atoms with Crippen LogP contribution < -0.4 is 14.8 Å². The molecule has 0 radical (unpaired) electrons. The normalized spacial score (nSPS) is 11.3. The Labute approximate surface area is 195 Å². The first kappa shape index (κ1) is 24.3. The molecule has 0 spiro atoms. The van der Waals surface area contributed by atoms with E-state index >= 15 is 0 Å². The number of carbonyl (C=O) groups is 1. The molecule has 33 heavy (non-hydrogen) atoms. The lowest BCUT2D eigenvalue weighted by atomic mass is 10.1. The second-order valence-electron chi connectivity index (χ2n) is 7.69. The Morgan fingerprint density at radius 3 is 2.21 bits per heavy atom. The Balaban J connectivity index is 1.87. The van der Waals surface area contributed by atoms with Crippen LogP contribution in [0.25, 0.3) is 0 Å². The maximum absolute atomic E-state index is 13.4. The van der Waals surface area contributed by atoms with Crippen LogP contribution in [0.5, 0.6) is 11.5 Å². The zero-order chi connectivity index (χ0) is 24.0. The van der Waals surface area contributed by atoms with E-state index in [-0.39, 0.29) is 18.0 Å². The Bertz CT molecular complexity index is 1220. The van der Waals surface area contributed by atoms with Crippen LogP contribution >= 0.6 is 0 Å². The van der Waals surface area contributed by atoms with Gasteiger partial charge in [-0.25, -0.2) is 8.42 Å². The highest BCUT2D eigenvalue weighted by Crippen LogP contribution is 2.30. The number of methoxy groups -OCH3 is 2. The number of sulfonamides is 1. The molecule has 174 valence electrons. The molecule has 3 rings (SSSR count). The fourth-order valence-electron chi connectivity index (χ4n) is 3.37. The Hall–Kier alpha value is -3.36. The van der Waals surface area contributed by atoms with Gasteiger partial charge >= 0.3 is 0 Å². The van der Waals surface area contributed by atoms with Crippen LogP contribution in [0, 0.1) is 13.8 Å². The summed E-state index contributed by atoms with van der Waals surface area (Å²) in [6.07, 6.45) is 0. The Morgan fingerprint density at radius 2 is 1.58 bits per heavy atom. The van der Waals surface area contributed by atoms with Crippen molar-refractivity contribution in [3.63, 3.8) is 0 Å². The van der Waals surface area contributed by atoms with E-state index in [1.807, 2.05) is 38.1 Å². The van der Waals surface area contributed by atoms with Crippen LogP contribution in [0.1, 0.15) is 16.7 Å². The minimum absolute atomic E-state index is 0.0667. The number of carbonyl (C=O) groups excluding carboxylic acids is 1. The molecule has 3 aromatic rings. The average Bonchev–Trinajstić information content (AvgIpc) is 2.79. The van der Waals surface area contributed by atoms with E-state index in [0.717, 1.165) is 16.7 Å². The third-order valence-corrected chi connectivity index (χ3v) is 6.89. The van der Waals surface area contributed by atoms with Gasteiger partial charge in [0.2, 0.25) is 15.9 Å². The highest BCUT2D eigenvalue weighted by molar-refractivity contribution is 7.89. The standard InChI is InChI=1S/C25H28N2O5S/c1-18-8-11-22(12-9-18)33(29,30)27(16-20-7-5-6-19(2)14-20)17-25(28)26-21-10-13-23(31-3)24(15-21)32-4/h5-15H,16-17H2,1-4H3,(H,26,28). The minimum atomic E-state index is -3.91. The highest BCUT2D eigenvalue weighted by atomic mass is 32.2. The summed E-state index contributed by atoms with van der Waals surface area (Å²) in [4.78, 5) is 13.0. The summed E-state index contributed by atoms with van der Waals surface area (Å²) < 4.78 is 38.5. The molecule has 7 nitrogen and oxygen atoms in total. The van der Waals surface area contributed by atoms with Gasteiger partial charge in [0.25, 0.3) is 0 Å². The zero-order valence-corrected chi connectivity index (χ0v) is 20.0. The molecule has 0 aliphatic carbocycles. The molecule has 0 unspecified atom stereocenters. The van der Waals surface area contributed by atoms with Crippen molar-refractivity contribution in [2.45, 2.75) is 25.3 Å². The van der Waals surface area contributed by atoms with E-state index < -0.39 is 15.9 Å². The molecule has 3 aromatic carbocycles. The molecule has 0 aliphatic rings. The molecular formula is C25H28N2O5S. The topological polar surface area (TPSA) is 84.9 Å². The molecule has 0 bridgehead atoms. The summed E-state index contributed by atoms with van der Waals surface area (Å²) in [5.74, 6) is 0.517. The zero-order valence-electron chi connectivity index (χ0n) is 19.2. The van der Waals surface area contributed by atoms with Crippen molar-refractivity contribution >= 4 is 21.6 Å². The van der Waals surface area contributed by atoms with Crippen molar-refractivity contribution in [1.82, 2.24) is 4.31 Å². The van der Waals surface area contributed by atoms with Gasteiger partial charge in [0.15, 0.2) is 11.5 Å². The van der Waals surface area contributed by atoms with Gasteiger partial charge in [0.05, 0.1) is 25.7 Å². The average molecular weight is 469 g/mol. The number of benzene rings is 3. The van der Waals surface area contributed by atoms with Gasteiger partial charge in [-0.1, -0.05) is 47.5 Å². The number of nitrogens with one attached hydrogen (secondary N) is 1. The number of anilines is 1. The Morgan fingerprint density at radius 1 is 0.879 bits per heavy atom. The lowest BCUT2D eigenvalue weighted by Crippen LogP contribution is -2.37. The van der Waals surface area contributed by atoms with Gasteiger partial charge < -0.3 is 14.8 Å². The number of amides is 1. The van der Waals surface area contributed by atoms with Gasteiger partial charge in [-0.05, 0) is 43.7 Å². The van der Waals surface area contributed by atoms with E-state index in [9.17, 15) is 13.2 Å². The van der Waals surface area contributed by atoms with Gasteiger partial charge in [0.1, 0.15) is 0 Å². The molecule has 0 heterocycles. The highest BCUT2D eigenvalue weighted by Gasteiger charge is 2.27. The predicted molar refractivity (Wildman–Crippen MR) is 128 cm³/mol. The fourth-order valence-corrected chi connectivity index (χ4v) is 4.76. The number of hydrogen-bond donors (Lipinski definition) is 1. The largest absolute Gasteiger partial charge is 0.493 e. The SMILES string of the molecule is COc1ccc(NC(=O)CN(Cc2cccc(C)c2)S(=O)(=O)c2ccc(C)cc2)cc1OC. The minimum Gasteiger partial charge on any atom is -0.493 e. The maximum atomic E-state index is 13.4. The third-order valence-electron chi connectivity index (χ3n) is 5.09. The summed E-state index contributed by atoms with van der Waals surface area (Å²) in [5.41, 5.74) is 3.23. The molecule has 0 atom stereocenters. The quantitative estimate of drug-likeness (QED) is 0.510. The molecule has 8 heteroatoms. The van der Waals surface area contributed by atoms with Crippen LogP contribution in [0.3, 0.4) is 0 Å². The van der Waals surface area contributed by atoms with E-state index in [4.69, 9.17) is 9.47 Å². The first-order chi connectivity index (χ1) is 15.7. The second-order valence-corrected chi connectivity index (χ2v) is 9.63. The van der Waals surface area contributed by atoms with Crippen LogP contribution in [-0.2, 0) is 21.4 Å². The van der Waals surface area contributed by atoms with Gasteiger partial charge in [-0.15, -0.1) is 0 Å². The molecule has 0 saturated carbocycles. The van der Waals surface area contributed by atoms with Crippen molar-refractivity contribution < 1.29 is 22.7 Å². The van der Waals surface area contributed by atoms with Crippen LogP contribution in [-0.4, -0.2) is 39.4 Å². The molecule has 0 aromatic heterocycles. The maximum Gasteiger partial charge on any atom is 0.243 e. The summed E-state index contributed by atoms with van der Waals surface area (Å²) in [6, 6.07) is 19.1. The summed E-state index contributed by atoms with van der Waals surface area (Å²) in [7, 11) is -0.888. The number of hydrogen-bond acceptors (Lipinski definition) is 5. The van der Waals surface area contributed by atoms with Crippen molar-refractivity contribution in [3.8, 4) is 11.5 Å². The smallest absolute Gasteiger partial charge is 0.243 e. The summed E-state index contributed by atoms with van der Waals surface area (Å²) >= 11 is 0. The first-order valence-electron chi connectivity index (χ1n) is 10.4. The van der Waals surface area contributed by atoms with E-state index in [0.29, 0.717) is 17.2 Å². The number of ether oxygens (including phenoxy) is 2. The van der Waals surface area contributed by atoms with Crippen molar-refractivity contribution in [1.29, 1.82) is 0 Å². The van der Waals surface area contributed by atoms with Gasteiger partial charge in [0, 0.05) is 18.3 Å². The second kappa shape index (κ2) is 10.5. The van der Waals surface area contributed by atoms with E-state index in [2.05, 4.69) is 5.32 Å². The van der Waals surface area contributed by atoms with Crippen molar-refractivity contribution in [2.24, 2.45) is 0 Å². The van der Waals surface area contributed by atoms with Crippen LogP contribution in [0.2, 0.25) is 0 Å². The monoisotopic (exact) mass is 468 g/mol. The van der Waals surface area contributed by atoms with Crippen molar-refractivity contribution in [2.75, 3.05) is 26.1 Å². The molecule has 0 saturated heterocycles. The molecular weight excluding hydrogens is 440 g/mol. The number of rotatable bonds is 9. The lowest BCUT2D eigenvalue weighted by Gasteiger charge is -2.22. The summed E-state index contributed by atoms with van der Waals surface area (Å²) in [6.45, 7) is 3.54. The van der Waals surface area contributed by atoms with Gasteiger partial charge in [-0.3, -0.25) is 4.79 Å². The lowest BCUT2D eigenvalue weighted by molar-refractivity contribution is -0.116. The Kier molecular flexibility index (Phi) is 7.73. The third kappa shape index (κ3) is 6.12. The number of nitrogens with zero attached hydrogens (tertiary/aromatic N) is 1. The van der Waals surface area contributed by atoms with E-state index in [1.165, 1.54) is 18.5 Å². The molecule has 1 amide bonds. The first-order valence-corrected chi connectivity index (χ1v) is 11.8. The summed E-state index contributed by atoms with van der Waals surface area (Å²) in [5, 5.41) is 2.75. The predicted octanol–water partition coefficient (Wildman–Crippen LogP) is 4.15. The molecule has 0 fully saturated rings. The van der Waals surface area contributed by atoms with Crippen LogP contribution in [0.4, 0.5) is 5.69 Å². The molecule has 1 N–H and O–H groups in total. The fraction of sp³-hybridized carbons (Fsp3) is 0.240. The van der Waals surface area contributed by atoms with Crippen molar-refractivity contribution in [3.05, 3.63) is 83.4 Å². The van der Waals surface area contributed by atoms with E-state index in [1.54, 1.807) is 42.5 Å². The number of aryl methyl sites for hydroxylation is 2.